The second-order valence-electron chi connectivity index (χ2n) is 5.39. The minimum Gasteiger partial charge on any atom is -0.323 e. The van der Waals surface area contributed by atoms with E-state index in [2.05, 4.69) is 5.32 Å². The predicted molar refractivity (Wildman–Crippen MR) is 85.5 cm³/mol. The molecule has 0 bridgehead atoms. The molecule has 0 aliphatic carbocycles. The molecular formula is C15H21F3N2O3S. The minimum absolute atomic E-state index is 0.0698. The number of sulfonamides is 1. The van der Waals surface area contributed by atoms with Crippen molar-refractivity contribution in [2.24, 2.45) is 0 Å². The summed E-state index contributed by atoms with van der Waals surface area (Å²) in [6.45, 7) is 2.20. The van der Waals surface area contributed by atoms with Crippen LogP contribution in [0.3, 0.4) is 0 Å². The molecule has 1 aromatic rings. The Kier molecular flexibility index (Phi) is 7.68. The number of benzene rings is 1. The average Bonchev–Trinajstić information content (AvgIpc) is 2.50. The topological polar surface area (TPSA) is 66.5 Å². The summed E-state index contributed by atoms with van der Waals surface area (Å²) in [6.07, 6.45) is 3.28. The maximum absolute atomic E-state index is 13.5. The quantitative estimate of drug-likeness (QED) is 0.540. The zero-order valence-electron chi connectivity index (χ0n) is 13.6. The monoisotopic (exact) mass is 366 g/mol. The van der Waals surface area contributed by atoms with Crippen LogP contribution in [0.2, 0.25) is 0 Å². The Hall–Kier alpha value is -1.61. The van der Waals surface area contributed by atoms with E-state index in [9.17, 15) is 26.4 Å². The highest BCUT2D eigenvalue weighted by atomic mass is 32.2. The summed E-state index contributed by atoms with van der Waals surface area (Å²) in [5.41, 5.74) is -0.490. The third-order valence-electron chi connectivity index (χ3n) is 3.38. The first kappa shape index (κ1) is 20.4. The summed E-state index contributed by atoms with van der Waals surface area (Å²) in [5.74, 6) is -5.22. The molecule has 1 N–H and O–H groups in total. The lowest BCUT2D eigenvalue weighted by molar-refractivity contribution is -0.116. The lowest BCUT2D eigenvalue weighted by atomic mass is 10.2. The van der Waals surface area contributed by atoms with E-state index in [1.807, 2.05) is 6.92 Å². The Labute approximate surface area is 139 Å². The van der Waals surface area contributed by atoms with Crippen molar-refractivity contribution >= 4 is 21.6 Å². The van der Waals surface area contributed by atoms with Crippen LogP contribution in [0, 0.1) is 17.5 Å². The van der Waals surface area contributed by atoms with Gasteiger partial charge in [0.2, 0.25) is 15.9 Å². The molecule has 0 fully saturated rings. The van der Waals surface area contributed by atoms with Gasteiger partial charge in [-0.25, -0.2) is 25.9 Å². The fourth-order valence-corrected chi connectivity index (χ4v) is 2.93. The van der Waals surface area contributed by atoms with Gasteiger partial charge in [-0.1, -0.05) is 19.8 Å². The first-order valence-corrected chi connectivity index (χ1v) is 9.40. The molecule has 0 saturated carbocycles. The normalized spacial score (nSPS) is 11.8. The molecule has 0 aliphatic rings. The van der Waals surface area contributed by atoms with Crippen molar-refractivity contribution in [3.8, 4) is 0 Å². The Balaban J connectivity index is 2.65. The van der Waals surface area contributed by atoms with E-state index in [1.165, 1.54) is 4.31 Å². The van der Waals surface area contributed by atoms with Gasteiger partial charge in [-0.2, -0.15) is 0 Å². The van der Waals surface area contributed by atoms with Gasteiger partial charge in [0.05, 0.1) is 11.9 Å². The van der Waals surface area contributed by atoms with E-state index in [-0.39, 0.29) is 13.0 Å². The molecule has 1 aromatic carbocycles. The van der Waals surface area contributed by atoms with Crippen LogP contribution >= 0.6 is 0 Å². The summed E-state index contributed by atoms with van der Waals surface area (Å²) in [4.78, 5) is 11.8. The number of carbonyl (C=O) groups excluding carboxylic acids is 1. The Morgan fingerprint density at radius 1 is 1.12 bits per heavy atom. The van der Waals surface area contributed by atoms with Crippen molar-refractivity contribution in [1.29, 1.82) is 0 Å². The van der Waals surface area contributed by atoms with Crippen molar-refractivity contribution in [3.05, 3.63) is 29.6 Å². The Morgan fingerprint density at radius 3 is 2.38 bits per heavy atom. The molecule has 0 aliphatic heterocycles. The number of carbonyl (C=O) groups is 1. The van der Waals surface area contributed by atoms with Gasteiger partial charge in [0.25, 0.3) is 0 Å². The van der Waals surface area contributed by atoms with Crippen molar-refractivity contribution in [1.82, 2.24) is 4.31 Å². The van der Waals surface area contributed by atoms with Crippen LogP contribution < -0.4 is 5.32 Å². The Bertz CT molecular complexity index is 681. The predicted octanol–water partition coefficient (Wildman–Crippen LogP) is 2.88. The molecule has 136 valence electrons. The summed E-state index contributed by atoms with van der Waals surface area (Å²) in [6, 6.07) is 1.60. The molecular weight excluding hydrogens is 345 g/mol. The van der Waals surface area contributed by atoms with Crippen molar-refractivity contribution in [2.75, 3.05) is 24.7 Å². The van der Waals surface area contributed by atoms with E-state index < -0.39 is 39.1 Å². The van der Waals surface area contributed by atoms with Gasteiger partial charge < -0.3 is 5.32 Å². The smallest absolute Gasteiger partial charge is 0.225 e. The second-order valence-corrected chi connectivity index (χ2v) is 7.37. The number of anilines is 1. The summed E-state index contributed by atoms with van der Waals surface area (Å²) in [7, 11) is -3.46. The van der Waals surface area contributed by atoms with Gasteiger partial charge in [0.1, 0.15) is 0 Å². The lowest BCUT2D eigenvalue weighted by Gasteiger charge is -2.19. The largest absolute Gasteiger partial charge is 0.323 e. The van der Waals surface area contributed by atoms with Gasteiger partial charge in [-0.3, -0.25) is 4.79 Å². The van der Waals surface area contributed by atoms with Crippen LogP contribution in [0.15, 0.2) is 12.1 Å². The van der Waals surface area contributed by atoms with Crippen LogP contribution in [-0.4, -0.2) is 38.0 Å². The van der Waals surface area contributed by atoms with E-state index in [0.29, 0.717) is 19.0 Å². The van der Waals surface area contributed by atoms with Gasteiger partial charge in [0, 0.05) is 19.5 Å². The van der Waals surface area contributed by atoms with E-state index in [4.69, 9.17) is 0 Å². The van der Waals surface area contributed by atoms with Crippen molar-refractivity contribution < 1.29 is 26.4 Å². The van der Waals surface area contributed by atoms with Gasteiger partial charge >= 0.3 is 0 Å². The van der Waals surface area contributed by atoms with Gasteiger partial charge in [0.15, 0.2) is 17.5 Å². The summed E-state index contributed by atoms with van der Waals surface area (Å²) >= 11 is 0. The number of nitrogens with one attached hydrogen (secondary N) is 1. The SMILES string of the molecule is CCCCCN(CCC(=O)Nc1ccc(F)c(F)c1F)S(C)(=O)=O. The van der Waals surface area contributed by atoms with Crippen LogP contribution in [0.25, 0.3) is 0 Å². The number of halogens is 3. The standard InChI is InChI=1S/C15H21F3N2O3S/c1-3-4-5-9-20(24(2,22)23)10-8-13(21)19-12-7-6-11(16)14(17)15(12)18/h6-7H,3-5,8-10H2,1-2H3,(H,19,21). The fourth-order valence-electron chi connectivity index (χ4n) is 2.04. The van der Waals surface area contributed by atoms with Gasteiger partial charge in [-0.05, 0) is 18.6 Å². The molecule has 0 spiro atoms. The number of amides is 1. The number of unbranched alkanes of at least 4 members (excludes halogenated alkanes) is 2. The van der Waals surface area contributed by atoms with E-state index >= 15 is 0 Å². The molecule has 0 heterocycles. The molecule has 0 saturated heterocycles. The molecule has 0 aromatic heterocycles. The zero-order chi connectivity index (χ0) is 18.3. The number of hydrogen-bond donors (Lipinski definition) is 1. The maximum atomic E-state index is 13.5. The van der Waals surface area contributed by atoms with E-state index in [0.717, 1.165) is 25.2 Å². The van der Waals surface area contributed by atoms with Gasteiger partial charge in [-0.15, -0.1) is 0 Å². The molecule has 1 amide bonds. The van der Waals surface area contributed by atoms with E-state index in [1.54, 1.807) is 0 Å². The first-order valence-electron chi connectivity index (χ1n) is 7.55. The zero-order valence-corrected chi connectivity index (χ0v) is 14.4. The molecule has 0 unspecified atom stereocenters. The minimum atomic E-state index is -3.46. The Morgan fingerprint density at radius 2 is 1.79 bits per heavy atom. The third-order valence-corrected chi connectivity index (χ3v) is 4.68. The molecule has 0 atom stereocenters. The molecule has 5 nitrogen and oxygen atoms in total. The number of nitrogens with zero attached hydrogens (tertiary/aromatic N) is 1. The number of rotatable bonds is 9. The fraction of sp³-hybridized carbons (Fsp3) is 0.533. The molecule has 24 heavy (non-hydrogen) atoms. The average molecular weight is 366 g/mol. The summed E-state index contributed by atoms with van der Waals surface area (Å²) < 4.78 is 63.9. The highest BCUT2D eigenvalue weighted by molar-refractivity contribution is 7.88. The van der Waals surface area contributed by atoms with Crippen LogP contribution in [-0.2, 0) is 14.8 Å². The van der Waals surface area contributed by atoms with Crippen LogP contribution in [0.1, 0.15) is 32.6 Å². The maximum Gasteiger partial charge on any atom is 0.225 e. The lowest BCUT2D eigenvalue weighted by Crippen LogP contribution is -2.34. The highest BCUT2D eigenvalue weighted by Gasteiger charge is 2.19. The molecule has 9 heteroatoms. The number of hydrogen-bond acceptors (Lipinski definition) is 3. The highest BCUT2D eigenvalue weighted by Crippen LogP contribution is 2.19. The van der Waals surface area contributed by atoms with Crippen molar-refractivity contribution in [3.63, 3.8) is 0 Å². The first-order chi connectivity index (χ1) is 11.2. The summed E-state index contributed by atoms with van der Waals surface area (Å²) in [5, 5.41) is 2.11. The van der Waals surface area contributed by atoms with Crippen molar-refractivity contribution in [2.45, 2.75) is 32.6 Å². The molecule has 1 rings (SSSR count). The van der Waals surface area contributed by atoms with Crippen LogP contribution in [0.4, 0.5) is 18.9 Å². The molecule has 0 radical (unpaired) electrons. The third kappa shape index (κ3) is 6.12. The van der Waals surface area contributed by atoms with Crippen LogP contribution in [0.5, 0.6) is 0 Å². The second kappa shape index (κ2) is 9.03.